The maximum Gasteiger partial charge on any atom is 0.297 e. The van der Waals surface area contributed by atoms with Gasteiger partial charge in [-0.3, -0.25) is 14.5 Å². The first-order chi connectivity index (χ1) is 14.8. The topological polar surface area (TPSA) is 76.3 Å². The summed E-state index contributed by atoms with van der Waals surface area (Å²) in [4.78, 5) is 28.5. The molecule has 5 rings (SSSR count). The minimum absolute atomic E-state index is 0.00676. The summed E-state index contributed by atoms with van der Waals surface area (Å²) in [5.41, 5.74) is 2.54. The Kier molecular flexibility index (Phi) is 4.34. The molecule has 0 N–H and O–H groups in total. The Bertz CT molecular complexity index is 1380. The van der Waals surface area contributed by atoms with Crippen molar-refractivity contribution in [3.8, 4) is 0 Å². The van der Waals surface area contributed by atoms with Gasteiger partial charge in [-0.1, -0.05) is 68.5 Å². The van der Waals surface area contributed by atoms with Gasteiger partial charge in [0.25, 0.3) is 5.91 Å². The van der Waals surface area contributed by atoms with E-state index in [1.54, 1.807) is 24.3 Å². The van der Waals surface area contributed by atoms with E-state index < -0.39 is 6.04 Å². The molecule has 0 aliphatic carbocycles. The quantitative estimate of drug-likeness (QED) is 0.446. The monoisotopic (exact) mass is 431 g/mol. The van der Waals surface area contributed by atoms with Gasteiger partial charge >= 0.3 is 0 Å². The molecule has 31 heavy (non-hydrogen) atoms. The van der Waals surface area contributed by atoms with Crippen LogP contribution in [0.5, 0.6) is 0 Å². The molecule has 0 unspecified atom stereocenters. The molecule has 0 fully saturated rings. The zero-order valence-corrected chi connectivity index (χ0v) is 18.5. The highest BCUT2D eigenvalue weighted by molar-refractivity contribution is 7.15. The fraction of sp³-hybridized carbons (Fsp3) is 0.250. The lowest BCUT2D eigenvalue weighted by Gasteiger charge is -2.24. The van der Waals surface area contributed by atoms with E-state index in [0.717, 1.165) is 10.6 Å². The van der Waals surface area contributed by atoms with Crippen LogP contribution in [0.15, 0.2) is 57.7 Å². The van der Waals surface area contributed by atoms with E-state index in [9.17, 15) is 9.59 Å². The van der Waals surface area contributed by atoms with E-state index >= 15 is 0 Å². The molecule has 1 aliphatic heterocycles. The Morgan fingerprint density at radius 2 is 1.71 bits per heavy atom. The predicted molar refractivity (Wildman–Crippen MR) is 121 cm³/mol. The molecule has 0 saturated carbocycles. The zero-order valence-electron chi connectivity index (χ0n) is 17.7. The van der Waals surface area contributed by atoms with Gasteiger partial charge in [0.15, 0.2) is 5.43 Å². The molecule has 1 amide bonds. The Labute approximate surface area is 183 Å². The van der Waals surface area contributed by atoms with Gasteiger partial charge in [0.05, 0.1) is 17.0 Å². The van der Waals surface area contributed by atoms with Crippen LogP contribution >= 0.6 is 11.3 Å². The van der Waals surface area contributed by atoms with Crippen LogP contribution in [-0.4, -0.2) is 16.1 Å². The first-order valence-electron chi connectivity index (χ1n) is 10.1. The summed E-state index contributed by atoms with van der Waals surface area (Å²) < 4.78 is 5.95. The van der Waals surface area contributed by atoms with E-state index in [1.165, 1.54) is 21.8 Å². The molecular formula is C24H21N3O3S. The number of hydrogen-bond donors (Lipinski definition) is 0. The smallest absolute Gasteiger partial charge is 0.297 e. The average molecular weight is 432 g/mol. The summed E-state index contributed by atoms with van der Waals surface area (Å²) in [6, 6.07) is 14.4. The number of para-hydroxylation sites is 1. The van der Waals surface area contributed by atoms with Gasteiger partial charge in [0.1, 0.15) is 10.6 Å². The summed E-state index contributed by atoms with van der Waals surface area (Å²) in [7, 11) is 0. The van der Waals surface area contributed by atoms with E-state index in [1.807, 2.05) is 31.2 Å². The first kappa shape index (κ1) is 19.6. The van der Waals surface area contributed by atoms with Crippen LogP contribution in [0.3, 0.4) is 0 Å². The first-order valence-corrected chi connectivity index (χ1v) is 10.9. The van der Waals surface area contributed by atoms with E-state index in [-0.39, 0.29) is 22.5 Å². The van der Waals surface area contributed by atoms with Crippen molar-refractivity contribution in [3.05, 3.63) is 86.2 Å². The van der Waals surface area contributed by atoms with Crippen LogP contribution in [-0.2, 0) is 5.41 Å². The van der Waals surface area contributed by atoms with Gasteiger partial charge in [0.2, 0.25) is 10.9 Å². The largest absolute Gasteiger partial charge is 0.450 e. The Hall–Kier alpha value is -3.32. The zero-order chi connectivity index (χ0) is 21.9. The van der Waals surface area contributed by atoms with Crippen LogP contribution in [0.25, 0.3) is 11.0 Å². The molecule has 4 aromatic rings. The summed E-state index contributed by atoms with van der Waals surface area (Å²) >= 11 is 1.31. The Morgan fingerprint density at radius 3 is 2.35 bits per heavy atom. The Balaban J connectivity index is 1.76. The second kappa shape index (κ2) is 6.85. The fourth-order valence-corrected chi connectivity index (χ4v) is 4.70. The van der Waals surface area contributed by atoms with Crippen molar-refractivity contribution in [3.63, 3.8) is 0 Å². The lowest BCUT2D eigenvalue weighted by atomic mass is 9.86. The standard InChI is InChI=1S/C24H21N3O3S/c1-13-25-26-23(31-13)27-19(14-9-11-15(12-10-14)24(2,3)4)18-20(28)16-7-5-6-8-17(16)30-21(18)22(27)29/h5-12,19H,1-4H3/t19-/m0/s1. The van der Waals surface area contributed by atoms with Crippen molar-refractivity contribution >= 4 is 33.3 Å². The lowest BCUT2D eigenvalue weighted by molar-refractivity contribution is 0.0970. The van der Waals surface area contributed by atoms with Crippen LogP contribution in [0.1, 0.15) is 59.1 Å². The number of carbonyl (C=O) groups is 1. The predicted octanol–water partition coefficient (Wildman–Crippen LogP) is 5.00. The fourth-order valence-electron chi connectivity index (χ4n) is 3.98. The highest BCUT2D eigenvalue weighted by atomic mass is 32.1. The number of benzene rings is 2. The molecule has 6 nitrogen and oxygen atoms in total. The molecule has 0 spiro atoms. The van der Waals surface area contributed by atoms with Gasteiger partial charge in [-0.15, -0.1) is 10.2 Å². The molecule has 3 heterocycles. The van der Waals surface area contributed by atoms with Crippen molar-refractivity contribution in [2.45, 2.75) is 39.2 Å². The molecule has 7 heteroatoms. The molecule has 2 aromatic carbocycles. The number of hydrogen-bond acceptors (Lipinski definition) is 6. The minimum atomic E-state index is -0.621. The molecule has 0 saturated heterocycles. The van der Waals surface area contributed by atoms with Crippen LogP contribution < -0.4 is 10.3 Å². The summed E-state index contributed by atoms with van der Waals surface area (Å²) in [5, 5.41) is 9.92. The SMILES string of the molecule is Cc1nnc(N2C(=O)c3oc4ccccc4c(=O)c3[C@@H]2c2ccc(C(C)(C)C)cc2)s1. The number of rotatable bonds is 2. The lowest BCUT2D eigenvalue weighted by Crippen LogP contribution is -2.29. The van der Waals surface area contributed by atoms with E-state index in [2.05, 4.69) is 31.0 Å². The summed E-state index contributed by atoms with van der Waals surface area (Å²) in [6.07, 6.45) is 0. The van der Waals surface area contributed by atoms with E-state index in [4.69, 9.17) is 4.42 Å². The normalized spacial score (nSPS) is 16.2. The number of carbonyl (C=O) groups excluding carboxylic acids is 1. The number of fused-ring (bicyclic) bond motifs is 2. The second-order valence-corrected chi connectivity index (χ2v) is 9.88. The number of aromatic nitrogens is 2. The highest BCUT2D eigenvalue weighted by Gasteiger charge is 2.45. The van der Waals surface area contributed by atoms with Crippen LogP contribution in [0.2, 0.25) is 0 Å². The van der Waals surface area contributed by atoms with E-state index in [0.29, 0.717) is 21.7 Å². The maximum absolute atomic E-state index is 13.5. The van der Waals surface area contributed by atoms with Gasteiger partial charge in [-0.05, 0) is 35.6 Å². The van der Waals surface area contributed by atoms with Crippen molar-refractivity contribution in [2.75, 3.05) is 4.90 Å². The van der Waals surface area contributed by atoms with Gasteiger partial charge in [-0.2, -0.15) is 0 Å². The van der Waals surface area contributed by atoms with Crippen molar-refractivity contribution < 1.29 is 9.21 Å². The van der Waals surface area contributed by atoms with Gasteiger partial charge < -0.3 is 4.42 Å². The van der Waals surface area contributed by atoms with Crippen molar-refractivity contribution in [1.82, 2.24) is 10.2 Å². The number of nitrogens with zero attached hydrogens (tertiary/aromatic N) is 3. The third-order valence-corrected chi connectivity index (χ3v) is 6.43. The van der Waals surface area contributed by atoms with Crippen molar-refractivity contribution in [1.29, 1.82) is 0 Å². The highest BCUT2D eigenvalue weighted by Crippen LogP contribution is 2.42. The minimum Gasteiger partial charge on any atom is -0.450 e. The molecular weight excluding hydrogens is 410 g/mol. The molecule has 0 radical (unpaired) electrons. The third-order valence-electron chi connectivity index (χ3n) is 5.59. The average Bonchev–Trinajstić information content (AvgIpc) is 3.29. The summed E-state index contributed by atoms with van der Waals surface area (Å²) in [6.45, 7) is 8.27. The molecule has 0 bridgehead atoms. The molecule has 1 atom stereocenters. The van der Waals surface area contributed by atoms with Crippen molar-refractivity contribution in [2.24, 2.45) is 0 Å². The maximum atomic E-state index is 13.5. The molecule has 156 valence electrons. The molecule has 2 aromatic heterocycles. The van der Waals surface area contributed by atoms with Gasteiger partial charge in [0, 0.05) is 0 Å². The van der Waals surface area contributed by atoms with Crippen LogP contribution in [0, 0.1) is 6.92 Å². The molecule has 1 aliphatic rings. The Morgan fingerprint density at radius 1 is 1.00 bits per heavy atom. The van der Waals surface area contributed by atoms with Gasteiger partial charge in [-0.25, -0.2) is 0 Å². The third kappa shape index (κ3) is 3.08. The second-order valence-electron chi connectivity index (χ2n) is 8.72. The number of anilines is 1. The summed E-state index contributed by atoms with van der Waals surface area (Å²) in [5.74, 6) is -0.305. The number of aryl methyl sites for hydroxylation is 1. The van der Waals surface area contributed by atoms with Crippen LogP contribution in [0.4, 0.5) is 5.13 Å². The number of amides is 1.